The van der Waals surface area contributed by atoms with Gasteiger partial charge in [0.2, 0.25) is 11.8 Å². The first kappa shape index (κ1) is 17.9. The molecule has 1 aromatic heterocycles. The predicted octanol–water partition coefficient (Wildman–Crippen LogP) is 2.10. The number of aromatic nitrogens is 1. The number of carbonyl (C=O) groups excluding carboxylic acids is 2. The molecule has 3 rings (SSSR count). The number of halogens is 1. The van der Waals surface area contributed by atoms with Crippen LogP contribution in [0.3, 0.4) is 0 Å². The maximum Gasteiger partial charge on any atom is 0.226 e. The first-order valence-corrected chi connectivity index (χ1v) is 9.15. The second-order valence-electron chi connectivity index (χ2n) is 7.43. The normalized spacial score (nSPS) is 24.1. The molecular formula is C18H26FN3O3. The van der Waals surface area contributed by atoms with Crippen molar-refractivity contribution in [3.63, 3.8) is 0 Å². The largest absolute Gasteiger partial charge is 0.361 e. The van der Waals surface area contributed by atoms with Crippen molar-refractivity contribution in [2.24, 2.45) is 11.8 Å². The van der Waals surface area contributed by atoms with E-state index in [9.17, 15) is 14.0 Å². The van der Waals surface area contributed by atoms with E-state index in [0.29, 0.717) is 44.0 Å². The molecule has 0 saturated heterocycles. The van der Waals surface area contributed by atoms with Crippen LogP contribution in [0.4, 0.5) is 4.39 Å². The molecule has 2 N–H and O–H groups in total. The van der Waals surface area contributed by atoms with Crippen LogP contribution in [0.25, 0.3) is 0 Å². The molecule has 2 aliphatic carbocycles. The Morgan fingerprint density at radius 1 is 1.28 bits per heavy atom. The van der Waals surface area contributed by atoms with E-state index in [2.05, 4.69) is 15.8 Å². The van der Waals surface area contributed by atoms with Gasteiger partial charge < -0.3 is 15.2 Å². The quantitative estimate of drug-likeness (QED) is 0.751. The van der Waals surface area contributed by atoms with Crippen molar-refractivity contribution in [3.05, 3.63) is 17.5 Å². The van der Waals surface area contributed by atoms with Crippen molar-refractivity contribution < 1.29 is 18.5 Å². The van der Waals surface area contributed by atoms with Gasteiger partial charge in [0.05, 0.1) is 12.1 Å². The average molecular weight is 351 g/mol. The number of nitrogens with one attached hydrogen (secondary N) is 2. The lowest BCUT2D eigenvalue weighted by atomic mass is 10.1. The monoisotopic (exact) mass is 351 g/mol. The van der Waals surface area contributed by atoms with Gasteiger partial charge in [0.15, 0.2) is 0 Å². The molecule has 0 radical (unpaired) electrons. The Hall–Kier alpha value is -1.92. The number of hydrogen-bond acceptors (Lipinski definition) is 4. The minimum atomic E-state index is -0.843. The van der Waals surface area contributed by atoms with Gasteiger partial charge in [-0.05, 0) is 38.0 Å². The summed E-state index contributed by atoms with van der Waals surface area (Å²) >= 11 is 0. The molecule has 0 bridgehead atoms. The van der Waals surface area contributed by atoms with Crippen LogP contribution >= 0.6 is 0 Å². The van der Waals surface area contributed by atoms with E-state index in [1.165, 1.54) is 0 Å². The summed E-state index contributed by atoms with van der Waals surface area (Å²) in [6.45, 7) is 2.90. The minimum absolute atomic E-state index is 0.0754. The summed E-state index contributed by atoms with van der Waals surface area (Å²) in [5.41, 5.74) is 0.655. The lowest BCUT2D eigenvalue weighted by Gasteiger charge is -2.15. The number of carbonyl (C=O) groups is 2. The zero-order valence-electron chi connectivity index (χ0n) is 14.6. The summed E-state index contributed by atoms with van der Waals surface area (Å²) in [6, 6.07) is 1.86. The zero-order valence-corrected chi connectivity index (χ0v) is 14.6. The third kappa shape index (κ3) is 5.28. The summed E-state index contributed by atoms with van der Waals surface area (Å²) in [5, 5.41) is 9.64. The summed E-state index contributed by atoms with van der Waals surface area (Å²) < 4.78 is 18.4. The molecule has 138 valence electrons. The number of alkyl halides is 1. The summed E-state index contributed by atoms with van der Waals surface area (Å²) in [6.07, 6.45) is 3.07. The standard InChI is InChI=1S/C18H26FN3O3/c1-11(10-21-18(24)13-4-5-14(19)6-13)9-20-17(23)8-15-7-16(25-22-15)12-2-3-12/h7,11-14H,2-6,8-10H2,1H3,(H,20,23)(H,21,24). The highest BCUT2D eigenvalue weighted by Gasteiger charge is 2.30. The van der Waals surface area contributed by atoms with E-state index in [-0.39, 0.29) is 30.1 Å². The van der Waals surface area contributed by atoms with Crippen molar-refractivity contribution >= 4 is 11.8 Å². The van der Waals surface area contributed by atoms with Crippen LogP contribution in [0.5, 0.6) is 0 Å². The lowest BCUT2D eigenvalue weighted by molar-refractivity contribution is -0.125. The third-order valence-corrected chi connectivity index (χ3v) is 4.91. The SMILES string of the molecule is CC(CNC(=O)Cc1cc(C2CC2)on1)CNC(=O)C1CCC(F)C1. The molecule has 2 saturated carbocycles. The molecule has 1 heterocycles. The van der Waals surface area contributed by atoms with Gasteiger partial charge in [-0.15, -0.1) is 0 Å². The smallest absolute Gasteiger partial charge is 0.226 e. The van der Waals surface area contributed by atoms with Gasteiger partial charge in [0.1, 0.15) is 11.9 Å². The van der Waals surface area contributed by atoms with E-state index < -0.39 is 6.17 Å². The van der Waals surface area contributed by atoms with Gasteiger partial charge in [-0.25, -0.2) is 4.39 Å². The van der Waals surface area contributed by atoms with Crippen LogP contribution in [0.2, 0.25) is 0 Å². The Labute approximate surface area is 146 Å². The molecule has 25 heavy (non-hydrogen) atoms. The summed E-state index contributed by atoms with van der Waals surface area (Å²) in [5.74, 6) is 1.08. The van der Waals surface area contributed by atoms with Crippen LogP contribution in [-0.2, 0) is 16.0 Å². The van der Waals surface area contributed by atoms with Crippen LogP contribution in [0.1, 0.15) is 56.4 Å². The summed E-state index contributed by atoms with van der Waals surface area (Å²) in [4.78, 5) is 23.9. The maximum atomic E-state index is 13.1. The van der Waals surface area contributed by atoms with Crippen LogP contribution in [0, 0.1) is 11.8 Å². The Bertz CT molecular complexity index is 614. The minimum Gasteiger partial charge on any atom is -0.361 e. The summed E-state index contributed by atoms with van der Waals surface area (Å²) in [7, 11) is 0. The van der Waals surface area contributed by atoms with Crippen LogP contribution < -0.4 is 10.6 Å². The maximum absolute atomic E-state index is 13.1. The topological polar surface area (TPSA) is 84.2 Å². The molecule has 0 aliphatic heterocycles. The molecule has 2 amide bonds. The van der Waals surface area contributed by atoms with Gasteiger partial charge in [0.25, 0.3) is 0 Å². The Morgan fingerprint density at radius 2 is 2.04 bits per heavy atom. The molecule has 2 aliphatic rings. The molecule has 7 heteroatoms. The van der Waals surface area contributed by atoms with Gasteiger partial charge in [-0.3, -0.25) is 9.59 Å². The molecular weight excluding hydrogens is 325 g/mol. The molecule has 0 aromatic carbocycles. The molecule has 0 spiro atoms. The molecule has 3 atom stereocenters. The number of amides is 2. The third-order valence-electron chi connectivity index (χ3n) is 4.91. The second kappa shape index (κ2) is 7.97. The highest BCUT2D eigenvalue weighted by molar-refractivity contribution is 5.79. The van der Waals surface area contributed by atoms with E-state index in [4.69, 9.17) is 4.52 Å². The van der Waals surface area contributed by atoms with Crippen molar-refractivity contribution in [1.29, 1.82) is 0 Å². The number of rotatable bonds is 8. The molecule has 2 fully saturated rings. The second-order valence-corrected chi connectivity index (χ2v) is 7.43. The Kier molecular flexibility index (Phi) is 5.71. The fourth-order valence-corrected chi connectivity index (χ4v) is 3.14. The van der Waals surface area contributed by atoms with E-state index >= 15 is 0 Å². The fourth-order valence-electron chi connectivity index (χ4n) is 3.14. The first-order chi connectivity index (χ1) is 12.0. The average Bonchev–Trinajstić information content (AvgIpc) is 3.18. The van der Waals surface area contributed by atoms with Gasteiger partial charge in [-0.2, -0.15) is 0 Å². The number of nitrogens with zero attached hydrogens (tertiary/aromatic N) is 1. The Morgan fingerprint density at radius 3 is 2.72 bits per heavy atom. The molecule has 3 unspecified atom stereocenters. The number of hydrogen-bond donors (Lipinski definition) is 2. The predicted molar refractivity (Wildman–Crippen MR) is 89.6 cm³/mol. The van der Waals surface area contributed by atoms with Crippen molar-refractivity contribution in [2.45, 2.75) is 57.5 Å². The van der Waals surface area contributed by atoms with Crippen LogP contribution in [-0.4, -0.2) is 36.2 Å². The van der Waals surface area contributed by atoms with E-state index in [1.807, 2.05) is 13.0 Å². The van der Waals surface area contributed by atoms with E-state index in [1.54, 1.807) is 0 Å². The molecule has 1 aromatic rings. The van der Waals surface area contributed by atoms with Crippen LogP contribution in [0.15, 0.2) is 10.6 Å². The van der Waals surface area contributed by atoms with Gasteiger partial charge in [-0.1, -0.05) is 12.1 Å². The van der Waals surface area contributed by atoms with Gasteiger partial charge in [0, 0.05) is 31.0 Å². The lowest BCUT2D eigenvalue weighted by Crippen LogP contribution is -2.37. The first-order valence-electron chi connectivity index (χ1n) is 9.15. The van der Waals surface area contributed by atoms with Gasteiger partial charge >= 0.3 is 0 Å². The van der Waals surface area contributed by atoms with Crippen molar-refractivity contribution in [3.8, 4) is 0 Å². The molecule has 6 nitrogen and oxygen atoms in total. The highest BCUT2D eigenvalue weighted by Crippen LogP contribution is 2.40. The van der Waals surface area contributed by atoms with Crippen molar-refractivity contribution in [1.82, 2.24) is 15.8 Å². The Balaban J connectivity index is 1.31. The zero-order chi connectivity index (χ0) is 17.8. The fraction of sp³-hybridized carbons (Fsp3) is 0.722. The highest BCUT2D eigenvalue weighted by atomic mass is 19.1. The van der Waals surface area contributed by atoms with E-state index in [0.717, 1.165) is 18.6 Å². The van der Waals surface area contributed by atoms with Crippen molar-refractivity contribution in [2.75, 3.05) is 13.1 Å².